The van der Waals surface area contributed by atoms with E-state index in [0.717, 1.165) is 11.3 Å². The number of thiazole rings is 1. The number of aromatic nitrogens is 1. The van der Waals surface area contributed by atoms with Crippen molar-refractivity contribution in [3.8, 4) is 22.8 Å². The molecule has 0 saturated carbocycles. The number of hydrogen-bond acceptors (Lipinski definition) is 6. The number of phenolic OH excluding ortho intramolecular Hbond substituents is 2. The lowest BCUT2D eigenvalue weighted by Gasteiger charge is -2.04. The van der Waals surface area contributed by atoms with Gasteiger partial charge in [0.2, 0.25) is 5.13 Å². The van der Waals surface area contributed by atoms with Gasteiger partial charge in [0.1, 0.15) is 11.5 Å². The average Bonchev–Trinajstić information content (AvgIpc) is 3.04. The van der Waals surface area contributed by atoms with E-state index >= 15 is 0 Å². The van der Waals surface area contributed by atoms with Crippen molar-refractivity contribution in [3.63, 3.8) is 0 Å². The molecule has 5 nitrogen and oxygen atoms in total. The monoisotopic (exact) mass is 393 g/mol. The maximum atomic E-state index is 9.86. The quantitative estimate of drug-likeness (QED) is 0.411. The molecule has 8 heteroatoms. The fourth-order valence-corrected chi connectivity index (χ4v) is 3.09. The number of rotatable bonds is 4. The second kappa shape index (κ2) is 7.31. The van der Waals surface area contributed by atoms with Crippen LogP contribution in [0.2, 0.25) is 10.0 Å². The highest BCUT2D eigenvalue weighted by Gasteiger charge is 2.08. The Bertz CT molecular complexity index is 957. The summed E-state index contributed by atoms with van der Waals surface area (Å²) in [6.45, 7) is 1.74. The van der Waals surface area contributed by atoms with Gasteiger partial charge >= 0.3 is 0 Å². The van der Waals surface area contributed by atoms with E-state index in [1.807, 2.05) is 11.4 Å². The molecule has 3 N–H and O–H groups in total. The predicted octanol–water partition coefficient (Wildman–Crippen LogP) is 5.36. The molecule has 0 aliphatic rings. The molecule has 0 spiro atoms. The number of nitrogens with one attached hydrogen (secondary N) is 1. The number of hydrogen-bond donors (Lipinski definition) is 3. The third-order valence-corrected chi connectivity index (χ3v) is 4.90. The molecule has 0 fully saturated rings. The fourth-order valence-electron chi connectivity index (χ4n) is 2.13. The summed E-state index contributed by atoms with van der Waals surface area (Å²) in [4.78, 5) is 4.45. The number of anilines is 1. The van der Waals surface area contributed by atoms with E-state index in [9.17, 15) is 10.2 Å². The number of aromatic hydroxyl groups is 2. The van der Waals surface area contributed by atoms with Crippen LogP contribution < -0.4 is 5.43 Å². The van der Waals surface area contributed by atoms with Gasteiger partial charge in [-0.2, -0.15) is 5.10 Å². The Morgan fingerprint density at radius 2 is 1.92 bits per heavy atom. The van der Waals surface area contributed by atoms with Crippen LogP contribution in [0.5, 0.6) is 11.5 Å². The molecule has 128 valence electrons. The Balaban J connectivity index is 1.78. The van der Waals surface area contributed by atoms with Crippen LogP contribution in [0.4, 0.5) is 5.13 Å². The first-order chi connectivity index (χ1) is 11.9. The van der Waals surface area contributed by atoms with Crippen molar-refractivity contribution in [1.82, 2.24) is 4.98 Å². The van der Waals surface area contributed by atoms with Crippen molar-refractivity contribution in [1.29, 1.82) is 0 Å². The minimum atomic E-state index is -0.0429. The third kappa shape index (κ3) is 4.04. The Kier molecular flexibility index (Phi) is 5.13. The number of hydrazone groups is 1. The first-order valence-corrected chi connectivity index (χ1v) is 8.81. The summed E-state index contributed by atoms with van der Waals surface area (Å²) in [7, 11) is 0. The highest BCUT2D eigenvalue weighted by molar-refractivity contribution is 7.14. The van der Waals surface area contributed by atoms with E-state index in [2.05, 4.69) is 15.5 Å². The molecule has 1 heterocycles. The van der Waals surface area contributed by atoms with Crippen molar-refractivity contribution in [2.24, 2.45) is 5.10 Å². The van der Waals surface area contributed by atoms with Gasteiger partial charge in [0.25, 0.3) is 0 Å². The van der Waals surface area contributed by atoms with Crippen molar-refractivity contribution in [2.75, 3.05) is 5.43 Å². The SMILES string of the molecule is C/C(=N\Nc1nc(-c2ccc(Cl)c(Cl)c2)cs1)c1ccc(O)cc1O. The number of halogens is 2. The van der Waals surface area contributed by atoms with Gasteiger partial charge in [-0.15, -0.1) is 11.3 Å². The Labute approximate surface area is 158 Å². The van der Waals surface area contributed by atoms with Gasteiger partial charge in [-0.25, -0.2) is 4.98 Å². The maximum Gasteiger partial charge on any atom is 0.203 e. The molecule has 0 bridgehead atoms. The molecule has 3 rings (SSSR count). The van der Waals surface area contributed by atoms with E-state index in [0.29, 0.717) is 26.5 Å². The number of nitrogens with zero attached hydrogens (tertiary/aromatic N) is 2. The normalized spacial score (nSPS) is 11.6. The van der Waals surface area contributed by atoms with Crippen LogP contribution in [0.25, 0.3) is 11.3 Å². The molecule has 25 heavy (non-hydrogen) atoms. The fraction of sp³-hybridized carbons (Fsp3) is 0.0588. The molecule has 1 aromatic heterocycles. The molecule has 0 atom stereocenters. The molecule has 3 aromatic rings. The van der Waals surface area contributed by atoms with E-state index in [-0.39, 0.29) is 11.5 Å². The van der Waals surface area contributed by atoms with E-state index in [1.54, 1.807) is 25.1 Å². The van der Waals surface area contributed by atoms with Crippen molar-refractivity contribution in [3.05, 3.63) is 57.4 Å². The largest absolute Gasteiger partial charge is 0.508 e. The van der Waals surface area contributed by atoms with Gasteiger partial charge < -0.3 is 10.2 Å². The second-order valence-corrected chi connectivity index (χ2v) is 6.85. The van der Waals surface area contributed by atoms with Crippen LogP contribution in [-0.2, 0) is 0 Å². The molecule has 0 aliphatic carbocycles. The van der Waals surface area contributed by atoms with E-state index < -0.39 is 0 Å². The second-order valence-electron chi connectivity index (χ2n) is 5.18. The van der Waals surface area contributed by atoms with Gasteiger partial charge in [0.05, 0.1) is 21.5 Å². The molecule has 0 radical (unpaired) electrons. The van der Waals surface area contributed by atoms with Crippen LogP contribution >= 0.6 is 34.5 Å². The maximum absolute atomic E-state index is 9.86. The van der Waals surface area contributed by atoms with Crippen molar-refractivity contribution in [2.45, 2.75) is 6.92 Å². The lowest BCUT2D eigenvalue weighted by Crippen LogP contribution is -2.00. The summed E-state index contributed by atoms with van der Waals surface area (Å²) >= 11 is 13.3. The number of benzene rings is 2. The van der Waals surface area contributed by atoms with Crippen LogP contribution in [0, 0.1) is 0 Å². The summed E-state index contributed by atoms with van der Waals surface area (Å²) in [6.07, 6.45) is 0. The summed E-state index contributed by atoms with van der Waals surface area (Å²) in [5.41, 5.74) is 5.56. The summed E-state index contributed by atoms with van der Waals surface area (Å²) in [6, 6.07) is 9.66. The smallest absolute Gasteiger partial charge is 0.203 e. The van der Waals surface area contributed by atoms with E-state index in [4.69, 9.17) is 23.2 Å². The Morgan fingerprint density at radius 1 is 1.12 bits per heavy atom. The highest BCUT2D eigenvalue weighted by atomic mass is 35.5. The van der Waals surface area contributed by atoms with Gasteiger partial charge in [0, 0.05) is 22.6 Å². The highest BCUT2D eigenvalue weighted by Crippen LogP contribution is 2.30. The lowest BCUT2D eigenvalue weighted by molar-refractivity contribution is 0.450. The lowest BCUT2D eigenvalue weighted by atomic mass is 10.1. The van der Waals surface area contributed by atoms with E-state index in [1.165, 1.54) is 23.5 Å². The summed E-state index contributed by atoms with van der Waals surface area (Å²) in [5, 5.41) is 26.8. The predicted molar refractivity (Wildman–Crippen MR) is 103 cm³/mol. The van der Waals surface area contributed by atoms with Crippen LogP contribution in [0.3, 0.4) is 0 Å². The minimum Gasteiger partial charge on any atom is -0.508 e. The molecule has 0 unspecified atom stereocenters. The summed E-state index contributed by atoms with van der Waals surface area (Å²) < 4.78 is 0. The van der Waals surface area contributed by atoms with Gasteiger partial charge in [-0.3, -0.25) is 5.43 Å². The zero-order valence-electron chi connectivity index (χ0n) is 13.0. The first-order valence-electron chi connectivity index (χ1n) is 7.17. The number of phenols is 2. The summed E-state index contributed by atoms with van der Waals surface area (Å²) in [5.74, 6) is -0.0492. The molecular weight excluding hydrogens is 381 g/mol. The molecule has 0 aliphatic heterocycles. The Morgan fingerprint density at radius 3 is 2.64 bits per heavy atom. The zero-order valence-corrected chi connectivity index (χ0v) is 15.3. The Hall–Kier alpha value is -2.28. The topological polar surface area (TPSA) is 77.7 Å². The average molecular weight is 394 g/mol. The van der Waals surface area contributed by atoms with Gasteiger partial charge in [-0.1, -0.05) is 29.3 Å². The van der Waals surface area contributed by atoms with Crippen LogP contribution in [-0.4, -0.2) is 20.9 Å². The first kappa shape index (κ1) is 17.5. The van der Waals surface area contributed by atoms with Gasteiger partial charge in [0.15, 0.2) is 0 Å². The van der Waals surface area contributed by atoms with Gasteiger partial charge in [-0.05, 0) is 31.2 Å². The minimum absolute atomic E-state index is 0.00630. The molecule has 0 amide bonds. The molecular formula is C17H13Cl2N3O2S. The molecule has 2 aromatic carbocycles. The van der Waals surface area contributed by atoms with Crippen molar-refractivity contribution >= 4 is 45.4 Å². The standard InChI is InChI=1S/C17H13Cl2N3O2S/c1-9(12-4-3-11(23)7-16(12)24)21-22-17-20-15(8-25-17)10-2-5-13(18)14(19)6-10/h2-8,23-24H,1H3,(H,20,22)/b21-9+. The van der Waals surface area contributed by atoms with Crippen LogP contribution in [0.1, 0.15) is 12.5 Å². The zero-order chi connectivity index (χ0) is 18.0. The van der Waals surface area contributed by atoms with Crippen molar-refractivity contribution < 1.29 is 10.2 Å². The van der Waals surface area contributed by atoms with Crippen LogP contribution in [0.15, 0.2) is 46.9 Å². The molecule has 0 saturated heterocycles. The third-order valence-electron chi connectivity index (χ3n) is 3.41.